The van der Waals surface area contributed by atoms with E-state index in [1.165, 1.54) is 19.5 Å². The van der Waals surface area contributed by atoms with Gasteiger partial charge in [0.15, 0.2) is 0 Å². The van der Waals surface area contributed by atoms with E-state index in [9.17, 15) is 4.79 Å². The van der Waals surface area contributed by atoms with E-state index in [0.717, 1.165) is 31.3 Å². The summed E-state index contributed by atoms with van der Waals surface area (Å²) in [5, 5.41) is 2.84. The van der Waals surface area contributed by atoms with Crippen molar-refractivity contribution < 1.29 is 4.79 Å². The highest BCUT2D eigenvalue weighted by Crippen LogP contribution is 2.20. The van der Waals surface area contributed by atoms with Gasteiger partial charge in [-0.05, 0) is 31.2 Å². The average molecular weight is 212 g/mol. The summed E-state index contributed by atoms with van der Waals surface area (Å²) in [4.78, 5) is 13.2. The molecule has 0 saturated carbocycles. The molecular formula is C12H24N2O. The predicted molar refractivity (Wildman–Crippen MR) is 62.7 cm³/mol. The molecule has 1 fully saturated rings. The SMILES string of the molecule is CC(=O)NCCCN1CC(C)CC(C)C1. The van der Waals surface area contributed by atoms with Crippen LogP contribution in [0, 0.1) is 11.8 Å². The summed E-state index contributed by atoms with van der Waals surface area (Å²) >= 11 is 0. The number of carbonyl (C=O) groups is 1. The third-order valence-electron chi connectivity index (χ3n) is 2.97. The van der Waals surface area contributed by atoms with E-state index >= 15 is 0 Å². The van der Waals surface area contributed by atoms with Crippen LogP contribution in [0.4, 0.5) is 0 Å². The maximum atomic E-state index is 10.7. The van der Waals surface area contributed by atoms with Crippen molar-refractivity contribution in [2.24, 2.45) is 11.8 Å². The van der Waals surface area contributed by atoms with Crippen molar-refractivity contribution in [3.05, 3.63) is 0 Å². The number of nitrogens with one attached hydrogen (secondary N) is 1. The quantitative estimate of drug-likeness (QED) is 0.716. The van der Waals surface area contributed by atoms with E-state index in [2.05, 4.69) is 24.1 Å². The molecule has 3 nitrogen and oxygen atoms in total. The van der Waals surface area contributed by atoms with Gasteiger partial charge in [-0.1, -0.05) is 13.8 Å². The maximum Gasteiger partial charge on any atom is 0.216 e. The number of rotatable bonds is 4. The number of carbonyl (C=O) groups excluding carboxylic acids is 1. The fourth-order valence-corrected chi connectivity index (χ4v) is 2.54. The Labute approximate surface area is 93.2 Å². The van der Waals surface area contributed by atoms with Crippen molar-refractivity contribution >= 4 is 5.91 Å². The molecule has 0 spiro atoms. The van der Waals surface area contributed by atoms with Gasteiger partial charge in [0.25, 0.3) is 0 Å². The Morgan fingerprint density at radius 2 is 1.93 bits per heavy atom. The first kappa shape index (κ1) is 12.5. The van der Waals surface area contributed by atoms with E-state index in [1.54, 1.807) is 6.92 Å². The largest absolute Gasteiger partial charge is 0.356 e. The normalized spacial score (nSPS) is 27.7. The predicted octanol–water partition coefficient (Wildman–Crippen LogP) is 1.49. The number of hydrogen-bond donors (Lipinski definition) is 1. The number of hydrogen-bond acceptors (Lipinski definition) is 2. The Balaban J connectivity index is 2.12. The maximum absolute atomic E-state index is 10.7. The fraction of sp³-hybridized carbons (Fsp3) is 0.917. The van der Waals surface area contributed by atoms with Crippen molar-refractivity contribution in [1.82, 2.24) is 10.2 Å². The van der Waals surface area contributed by atoms with Crippen LogP contribution in [0.2, 0.25) is 0 Å². The van der Waals surface area contributed by atoms with Crippen molar-refractivity contribution in [1.29, 1.82) is 0 Å². The van der Waals surface area contributed by atoms with E-state index < -0.39 is 0 Å². The zero-order valence-electron chi connectivity index (χ0n) is 10.3. The molecule has 1 aliphatic rings. The second kappa shape index (κ2) is 6.11. The molecular weight excluding hydrogens is 188 g/mol. The van der Waals surface area contributed by atoms with Crippen LogP contribution in [0.1, 0.15) is 33.6 Å². The summed E-state index contributed by atoms with van der Waals surface area (Å²) in [6.45, 7) is 10.6. The van der Waals surface area contributed by atoms with Crippen LogP contribution < -0.4 is 5.32 Å². The van der Waals surface area contributed by atoms with Gasteiger partial charge in [-0.2, -0.15) is 0 Å². The van der Waals surface area contributed by atoms with Gasteiger partial charge in [-0.25, -0.2) is 0 Å². The molecule has 88 valence electrons. The second-order valence-electron chi connectivity index (χ2n) is 5.04. The minimum absolute atomic E-state index is 0.0791. The Morgan fingerprint density at radius 3 is 2.47 bits per heavy atom. The Morgan fingerprint density at radius 1 is 1.33 bits per heavy atom. The number of likely N-dealkylation sites (tertiary alicyclic amines) is 1. The second-order valence-corrected chi connectivity index (χ2v) is 5.04. The molecule has 2 unspecified atom stereocenters. The molecule has 1 heterocycles. The summed E-state index contributed by atoms with van der Waals surface area (Å²) in [7, 11) is 0. The summed E-state index contributed by atoms with van der Waals surface area (Å²) in [6.07, 6.45) is 2.43. The standard InChI is InChI=1S/C12H24N2O/c1-10-7-11(2)9-14(8-10)6-4-5-13-12(3)15/h10-11H,4-9H2,1-3H3,(H,13,15). The van der Waals surface area contributed by atoms with Crippen LogP contribution in [0.15, 0.2) is 0 Å². The van der Waals surface area contributed by atoms with Gasteiger partial charge in [0.1, 0.15) is 0 Å². The van der Waals surface area contributed by atoms with Crippen LogP contribution in [0.5, 0.6) is 0 Å². The van der Waals surface area contributed by atoms with Crippen LogP contribution in [-0.2, 0) is 4.79 Å². The number of amides is 1. The van der Waals surface area contributed by atoms with Crippen molar-refractivity contribution in [3.63, 3.8) is 0 Å². The minimum atomic E-state index is 0.0791. The molecule has 1 rings (SSSR count). The Bertz CT molecular complexity index is 196. The van der Waals surface area contributed by atoms with E-state index in [1.807, 2.05) is 0 Å². The molecule has 1 N–H and O–H groups in total. The zero-order chi connectivity index (χ0) is 11.3. The average Bonchev–Trinajstić information content (AvgIpc) is 2.10. The van der Waals surface area contributed by atoms with Crippen LogP contribution in [-0.4, -0.2) is 37.0 Å². The molecule has 0 aliphatic carbocycles. The first-order valence-electron chi connectivity index (χ1n) is 6.04. The van der Waals surface area contributed by atoms with Crippen molar-refractivity contribution in [2.45, 2.75) is 33.6 Å². The molecule has 1 amide bonds. The van der Waals surface area contributed by atoms with Crippen molar-refractivity contribution in [3.8, 4) is 0 Å². The molecule has 1 saturated heterocycles. The summed E-state index contributed by atoms with van der Waals surface area (Å²) in [5.74, 6) is 1.74. The van der Waals surface area contributed by atoms with Crippen LogP contribution in [0.3, 0.4) is 0 Å². The smallest absolute Gasteiger partial charge is 0.216 e. The Hall–Kier alpha value is -0.570. The van der Waals surface area contributed by atoms with Crippen LogP contribution in [0.25, 0.3) is 0 Å². The molecule has 0 bridgehead atoms. The molecule has 0 aromatic rings. The lowest BCUT2D eigenvalue weighted by atomic mass is 9.92. The minimum Gasteiger partial charge on any atom is -0.356 e. The van der Waals surface area contributed by atoms with Gasteiger partial charge in [-0.3, -0.25) is 4.79 Å². The zero-order valence-corrected chi connectivity index (χ0v) is 10.3. The van der Waals surface area contributed by atoms with E-state index in [0.29, 0.717) is 0 Å². The molecule has 0 radical (unpaired) electrons. The molecule has 15 heavy (non-hydrogen) atoms. The lowest BCUT2D eigenvalue weighted by molar-refractivity contribution is -0.118. The third kappa shape index (κ3) is 5.17. The summed E-state index contributed by atoms with van der Waals surface area (Å²) in [6, 6.07) is 0. The van der Waals surface area contributed by atoms with Crippen LogP contribution >= 0.6 is 0 Å². The monoisotopic (exact) mass is 212 g/mol. The highest BCUT2D eigenvalue weighted by molar-refractivity contribution is 5.72. The van der Waals surface area contributed by atoms with Gasteiger partial charge < -0.3 is 10.2 Å². The van der Waals surface area contributed by atoms with Gasteiger partial charge in [0.05, 0.1) is 0 Å². The number of nitrogens with zero attached hydrogens (tertiary/aromatic N) is 1. The Kier molecular flexibility index (Phi) is 5.09. The lowest BCUT2D eigenvalue weighted by Crippen LogP contribution is -2.40. The van der Waals surface area contributed by atoms with Crippen molar-refractivity contribution in [2.75, 3.05) is 26.2 Å². The number of piperidine rings is 1. The topological polar surface area (TPSA) is 32.3 Å². The molecule has 3 heteroatoms. The molecule has 2 atom stereocenters. The summed E-state index contributed by atoms with van der Waals surface area (Å²) < 4.78 is 0. The van der Waals surface area contributed by atoms with Gasteiger partial charge >= 0.3 is 0 Å². The highest BCUT2D eigenvalue weighted by Gasteiger charge is 2.20. The highest BCUT2D eigenvalue weighted by atomic mass is 16.1. The first-order valence-corrected chi connectivity index (χ1v) is 6.04. The first-order chi connectivity index (χ1) is 7.08. The third-order valence-corrected chi connectivity index (χ3v) is 2.97. The van der Waals surface area contributed by atoms with Gasteiger partial charge in [0, 0.05) is 26.6 Å². The van der Waals surface area contributed by atoms with Gasteiger partial charge in [0.2, 0.25) is 5.91 Å². The molecule has 0 aromatic heterocycles. The van der Waals surface area contributed by atoms with Gasteiger partial charge in [-0.15, -0.1) is 0 Å². The molecule has 0 aromatic carbocycles. The summed E-state index contributed by atoms with van der Waals surface area (Å²) in [5.41, 5.74) is 0. The fourth-order valence-electron chi connectivity index (χ4n) is 2.54. The lowest BCUT2D eigenvalue weighted by Gasteiger charge is -2.34. The van der Waals surface area contributed by atoms with E-state index in [-0.39, 0.29) is 5.91 Å². The molecule has 1 aliphatic heterocycles. The van der Waals surface area contributed by atoms with E-state index in [4.69, 9.17) is 0 Å².